The van der Waals surface area contributed by atoms with Gasteiger partial charge in [-0.2, -0.15) is 0 Å². The molecule has 0 saturated carbocycles. The molecule has 0 aromatic rings. The smallest absolute Gasteiger partial charge is 0.323 e. The molecule has 2 N–H and O–H groups in total. The Morgan fingerprint density at radius 3 is 3.23 bits per heavy atom. The minimum absolute atomic E-state index is 0.115. The number of hydrogen-bond donors (Lipinski definition) is 2. The Morgan fingerprint density at radius 1 is 1.77 bits per heavy atom. The Hall–Kier alpha value is -1.10. The number of aliphatic imine (C=N–C) groups is 1. The maximum Gasteiger partial charge on any atom is 0.323 e. The zero-order chi connectivity index (χ0) is 9.42. The zero-order valence-electron chi connectivity index (χ0n) is 7.47. The summed E-state index contributed by atoms with van der Waals surface area (Å²) < 4.78 is 0. The number of nitrogens with zero attached hydrogens (tertiary/aromatic N) is 2. The Kier molecular flexibility index (Phi) is 1.95. The highest BCUT2D eigenvalue weighted by Crippen LogP contribution is 2.21. The summed E-state index contributed by atoms with van der Waals surface area (Å²) in [6.07, 6.45) is 2.59. The lowest BCUT2D eigenvalue weighted by molar-refractivity contribution is -0.144. The molecule has 13 heavy (non-hydrogen) atoms. The normalized spacial score (nSPS) is 38.4. The fraction of sp³-hybridized carbons (Fsp3) is 0.750. The summed E-state index contributed by atoms with van der Waals surface area (Å²) in [7, 11) is 1.84. The average molecular weight is 183 g/mol. The van der Waals surface area contributed by atoms with Crippen LogP contribution < -0.4 is 5.32 Å². The van der Waals surface area contributed by atoms with E-state index in [1.54, 1.807) is 6.34 Å². The van der Waals surface area contributed by atoms with Crippen LogP contribution in [-0.2, 0) is 4.79 Å². The van der Waals surface area contributed by atoms with Crippen LogP contribution in [0.1, 0.15) is 6.42 Å². The number of carboxylic acids is 1. The largest absolute Gasteiger partial charge is 0.480 e. The molecular formula is C8H13N3O2. The molecule has 0 amide bonds. The Balaban J connectivity index is 2.19. The number of fused-ring (bicyclic) bond motifs is 1. The maximum atomic E-state index is 11.0. The number of carboxylic acid groups (broad SMARTS) is 1. The van der Waals surface area contributed by atoms with Crippen molar-refractivity contribution >= 4 is 12.3 Å². The minimum atomic E-state index is -0.780. The van der Waals surface area contributed by atoms with E-state index < -0.39 is 12.0 Å². The third-order valence-electron chi connectivity index (χ3n) is 2.79. The van der Waals surface area contributed by atoms with Crippen LogP contribution in [-0.4, -0.2) is 54.0 Å². The molecule has 0 radical (unpaired) electrons. The van der Waals surface area contributed by atoms with Crippen molar-refractivity contribution in [2.45, 2.75) is 24.5 Å². The number of likely N-dealkylation sites (N-methyl/N-ethyl adjacent to an activating group) is 1. The third-order valence-corrected chi connectivity index (χ3v) is 2.79. The molecule has 2 aliphatic heterocycles. The number of rotatable bonds is 1. The quantitative estimate of drug-likeness (QED) is 0.555. The van der Waals surface area contributed by atoms with Crippen LogP contribution in [0.3, 0.4) is 0 Å². The van der Waals surface area contributed by atoms with E-state index >= 15 is 0 Å². The minimum Gasteiger partial charge on any atom is -0.480 e. The third kappa shape index (κ3) is 1.29. The SMILES string of the molecule is CN1CCC2NC=NC2C1C(=O)O. The predicted octanol–water partition coefficient (Wildman–Crippen LogP) is -0.856. The summed E-state index contributed by atoms with van der Waals surface area (Å²) in [4.78, 5) is 17.0. The first-order chi connectivity index (χ1) is 6.20. The van der Waals surface area contributed by atoms with Gasteiger partial charge in [-0.05, 0) is 13.5 Å². The number of carbonyl (C=O) groups is 1. The molecule has 3 atom stereocenters. The van der Waals surface area contributed by atoms with Gasteiger partial charge in [0, 0.05) is 6.54 Å². The summed E-state index contributed by atoms with van der Waals surface area (Å²) in [5.41, 5.74) is 0. The molecule has 2 rings (SSSR count). The highest BCUT2D eigenvalue weighted by Gasteiger charge is 2.42. The summed E-state index contributed by atoms with van der Waals surface area (Å²) in [5.74, 6) is -0.780. The topological polar surface area (TPSA) is 64.9 Å². The van der Waals surface area contributed by atoms with Gasteiger partial charge in [0.1, 0.15) is 6.04 Å². The second-order valence-electron chi connectivity index (χ2n) is 3.59. The van der Waals surface area contributed by atoms with Crippen LogP contribution >= 0.6 is 0 Å². The number of piperidine rings is 1. The van der Waals surface area contributed by atoms with Crippen molar-refractivity contribution in [3.05, 3.63) is 0 Å². The first-order valence-corrected chi connectivity index (χ1v) is 4.41. The molecule has 0 aromatic heterocycles. The van der Waals surface area contributed by atoms with E-state index in [4.69, 9.17) is 5.11 Å². The molecule has 1 fully saturated rings. The predicted molar refractivity (Wildman–Crippen MR) is 47.9 cm³/mol. The molecule has 5 heteroatoms. The molecule has 0 spiro atoms. The van der Waals surface area contributed by atoms with Crippen LogP contribution in [0.2, 0.25) is 0 Å². The molecule has 2 aliphatic rings. The van der Waals surface area contributed by atoms with Crippen LogP contribution in [0, 0.1) is 0 Å². The van der Waals surface area contributed by atoms with Crippen LogP contribution in [0.5, 0.6) is 0 Å². The lowest BCUT2D eigenvalue weighted by Gasteiger charge is -2.36. The van der Waals surface area contributed by atoms with Gasteiger partial charge in [0.25, 0.3) is 0 Å². The zero-order valence-corrected chi connectivity index (χ0v) is 7.47. The molecular weight excluding hydrogens is 170 g/mol. The second-order valence-corrected chi connectivity index (χ2v) is 3.59. The second kappa shape index (κ2) is 2.99. The average Bonchev–Trinajstić information content (AvgIpc) is 2.50. The first-order valence-electron chi connectivity index (χ1n) is 4.41. The number of nitrogens with one attached hydrogen (secondary N) is 1. The van der Waals surface area contributed by atoms with Gasteiger partial charge in [0.05, 0.1) is 18.4 Å². The number of aliphatic carboxylic acids is 1. The van der Waals surface area contributed by atoms with E-state index in [0.29, 0.717) is 0 Å². The van der Waals surface area contributed by atoms with E-state index in [-0.39, 0.29) is 12.1 Å². The Bertz CT molecular complexity index is 254. The van der Waals surface area contributed by atoms with E-state index in [1.807, 2.05) is 11.9 Å². The highest BCUT2D eigenvalue weighted by atomic mass is 16.4. The summed E-state index contributed by atoms with van der Waals surface area (Å²) >= 11 is 0. The van der Waals surface area contributed by atoms with Crippen molar-refractivity contribution in [3.8, 4) is 0 Å². The Morgan fingerprint density at radius 2 is 2.54 bits per heavy atom. The van der Waals surface area contributed by atoms with E-state index in [0.717, 1.165) is 13.0 Å². The molecule has 0 aliphatic carbocycles. The number of hydrogen-bond acceptors (Lipinski definition) is 4. The van der Waals surface area contributed by atoms with Crippen molar-refractivity contribution in [2.24, 2.45) is 4.99 Å². The van der Waals surface area contributed by atoms with E-state index in [1.165, 1.54) is 0 Å². The highest BCUT2D eigenvalue weighted by molar-refractivity contribution is 5.76. The lowest BCUT2D eigenvalue weighted by Crippen LogP contribution is -2.57. The van der Waals surface area contributed by atoms with E-state index in [9.17, 15) is 4.79 Å². The first kappa shape index (κ1) is 8.50. The molecule has 3 unspecified atom stereocenters. The van der Waals surface area contributed by atoms with Gasteiger partial charge in [-0.1, -0.05) is 0 Å². The van der Waals surface area contributed by atoms with Crippen molar-refractivity contribution in [2.75, 3.05) is 13.6 Å². The molecule has 2 heterocycles. The summed E-state index contributed by atoms with van der Waals surface area (Å²) in [5, 5.41) is 12.1. The van der Waals surface area contributed by atoms with Gasteiger partial charge < -0.3 is 10.4 Å². The lowest BCUT2D eigenvalue weighted by atomic mass is 9.93. The molecule has 0 bridgehead atoms. The maximum absolute atomic E-state index is 11.0. The monoisotopic (exact) mass is 183 g/mol. The van der Waals surface area contributed by atoms with Crippen molar-refractivity contribution in [1.29, 1.82) is 0 Å². The van der Waals surface area contributed by atoms with E-state index in [2.05, 4.69) is 10.3 Å². The van der Waals surface area contributed by atoms with Crippen LogP contribution in [0.15, 0.2) is 4.99 Å². The van der Waals surface area contributed by atoms with Crippen LogP contribution in [0.25, 0.3) is 0 Å². The van der Waals surface area contributed by atoms with Crippen molar-refractivity contribution < 1.29 is 9.90 Å². The van der Waals surface area contributed by atoms with Gasteiger partial charge in [-0.15, -0.1) is 0 Å². The fourth-order valence-electron chi connectivity index (χ4n) is 2.06. The fourth-order valence-corrected chi connectivity index (χ4v) is 2.06. The molecule has 72 valence electrons. The molecule has 0 aromatic carbocycles. The van der Waals surface area contributed by atoms with Gasteiger partial charge in [-0.3, -0.25) is 14.7 Å². The van der Waals surface area contributed by atoms with Gasteiger partial charge in [-0.25, -0.2) is 0 Å². The van der Waals surface area contributed by atoms with Crippen molar-refractivity contribution in [3.63, 3.8) is 0 Å². The summed E-state index contributed by atoms with van der Waals surface area (Å²) in [6.45, 7) is 0.814. The van der Waals surface area contributed by atoms with Crippen molar-refractivity contribution in [1.82, 2.24) is 10.2 Å². The van der Waals surface area contributed by atoms with Gasteiger partial charge in [0.2, 0.25) is 0 Å². The van der Waals surface area contributed by atoms with Gasteiger partial charge >= 0.3 is 5.97 Å². The number of likely N-dealkylation sites (tertiary alicyclic amines) is 1. The van der Waals surface area contributed by atoms with Gasteiger partial charge in [0.15, 0.2) is 0 Å². The van der Waals surface area contributed by atoms with Crippen LogP contribution in [0.4, 0.5) is 0 Å². The standard InChI is InChI=1S/C8H13N3O2/c1-11-3-2-5-6(10-4-9-5)7(11)8(12)13/h4-7H,2-3H2,1H3,(H,9,10)(H,12,13). The molecule has 5 nitrogen and oxygen atoms in total. The summed E-state index contributed by atoms with van der Waals surface area (Å²) in [6, 6.07) is -0.362. The Labute approximate surface area is 76.4 Å². The molecule has 1 saturated heterocycles.